The maximum absolute atomic E-state index is 8.27. The van der Waals surface area contributed by atoms with Crippen LogP contribution in [0.4, 0.5) is 0 Å². The molecule has 1 aliphatic rings. The van der Waals surface area contributed by atoms with E-state index in [1.807, 2.05) is 0 Å². The largest absolute Gasteiger partial charge is 0.314 e. The molecule has 2 heteroatoms. The van der Waals surface area contributed by atoms with Crippen LogP contribution in [0.2, 0.25) is 0 Å². The number of hydrogen-bond donors (Lipinski definition) is 1. The van der Waals surface area contributed by atoms with E-state index in [4.69, 9.17) is 5.26 Å². The lowest BCUT2D eigenvalue weighted by molar-refractivity contribution is 0.242. The molecule has 2 nitrogen and oxygen atoms in total. The highest BCUT2D eigenvalue weighted by Crippen LogP contribution is 2.25. The standard InChI is InChI=1S/C9H16N2/c1-8-6-9(7-8)11-5-3-2-4-10/h8-9,11H,2-3,5-7H2,1H3. The summed E-state index contributed by atoms with van der Waals surface area (Å²) < 4.78 is 0. The second-order valence-electron chi connectivity index (χ2n) is 3.49. The van der Waals surface area contributed by atoms with E-state index in [-0.39, 0.29) is 0 Å². The van der Waals surface area contributed by atoms with Crippen molar-refractivity contribution in [2.75, 3.05) is 6.54 Å². The molecule has 0 spiro atoms. The van der Waals surface area contributed by atoms with Crippen molar-refractivity contribution < 1.29 is 0 Å². The molecule has 0 aromatic rings. The number of nitrogens with one attached hydrogen (secondary N) is 1. The predicted octanol–water partition coefficient (Wildman–Crippen LogP) is 1.68. The average Bonchev–Trinajstić information content (AvgIpc) is 1.94. The maximum atomic E-state index is 8.27. The third kappa shape index (κ3) is 2.90. The van der Waals surface area contributed by atoms with Gasteiger partial charge < -0.3 is 5.32 Å². The van der Waals surface area contributed by atoms with Gasteiger partial charge in [0, 0.05) is 12.5 Å². The van der Waals surface area contributed by atoms with Crippen molar-refractivity contribution in [1.29, 1.82) is 5.26 Å². The molecule has 0 saturated heterocycles. The Balaban J connectivity index is 1.86. The van der Waals surface area contributed by atoms with Crippen LogP contribution in [0, 0.1) is 17.2 Å². The van der Waals surface area contributed by atoms with Gasteiger partial charge in [0.15, 0.2) is 0 Å². The van der Waals surface area contributed by atoms with Crippen molar-refractivity contribution in [2.45, 2.75) is 38.6 Å². The minimum Gasteiger partial charge on any atom is -0.314 e. The summed E-state index contributed by atoms with van der Waals surface area (Å²) >= 11 is 0. The summed E-state index contributed by atoms with van der Waals surface area (Å²) in [4.78, 5) is 0. The highest BCUT2D eigenvalue weighted by molar-refractivity contribution is 4.82. The number of nitrogens with zero attached hydrogens (tertiary/aromatic N) is 1. The summed E-state index contributed by atoms with van der Waals surface area (Å²) in [5.74, 6) is 0.920. The first kappa shape index (κ1) is 8.55. The lowest BCUT2D eigenvalue weighted by Gasteiger charge is -2.33. The van der Waals surface area contributed by atoms with Crippen molar-refractivity contribution in [3.63, 3.8) is 0 Å². The molecule has 0 radical (unpaired) electrons. The smallest absolute Gasteiger partial charge is 0.0622 e. The minimum absolute atomic E-state index is 0.690. The van der Waals surface area contributed by atoms with E-state index in [0.29, 0.717) is 6.42 Å². The lowest BCUT2D eigenvalue weighted by Crippen LogP contribution is -2.40. The topological polar surface area (TPSA) is 35.8 Å². The Kier molecular flexibility index (Phi) is 3.38. The van der Waals surface area contributed by atoms with Crippen LogP contribution in [-0.4, -0.2) is 12.6 Å². The molecule has 1 N–H and O–H groups in total. The van der Waals surface area contributed by atoms with Crippen LogP contribution in [0.3, 0.4) is 0 Å². The molecule has 11 heavy (non-hydrogen) atoms. The van der Waals surface area contributed by atoms with Gasteiger partial charge in [0.05, 0.1) is 6.07 Å². The van der Waals surface area contributed by atoms with Crippen LogP contribution < -0.4 is 5.32 Å². The molecule has 0 aromatic heterocycles. The quantitative estimate of drug-likeness (QED) is 0.622. The summed E-state index contributed by atoms with van der Waals surface area (Å²) in [5.41, 5.74) is 0. The number of hydrogen-bond acceptors (Lipinski definition) is 2. The molecule has 62 valence electrons. The first-order valence-electron chi connectivity index (χ1n) is 4.43. The third-order valence-electron chi connectivity index (χ3n) is 2.27. The molecule has 1 saturated carbocycles. The normalized spacial score (nSPS) is 29.1. The summed E-state index contributed by atoms with van der Waals surface area (Å²) in [6.45, 7) is 3.30. The van der Waals surface area contributed by atoms with E-state index in [0.717, 1.165) is 24.9 Å². The fourth-order valence-electron chi connectivity index (χ4n) is 1.54. The molecule has 0 amide bonds. The van der Waals surface area contributed by atoms with E-state index in [1.54, 1.807) is 0 Å². The zero-order valence-electron chi connectivity index (χ0n) is 7.14. The highest BCUT2D eigenvalue weighted by atomic mass is 14.9. The average molecular weight is 152 g/mol. The molecule has 0 aliphatic heterocycles. The Morgan fingerprint density at radius 2 is 2.27 bits per heavy atom. The fourth-order valence-corrected chi connectivity index (χ4v) is 1.54. The van der Waals surface area contributed by atoms with E-state index in [2.05, 4.69) is 18.3 Å². The lowest BCUT2D eigenvalue weighted by atomic mass is 9.82. The van der Waals surface area contributed by atoms with Crippen LogP contribution in [0.5, 0.6) is 0 Å². The zero-order valence-corrected chi connectivity index (χ0v) is 7.14. The van der Waals surface area contributed by atoms with Gasteiger partial charge in [-0.2, -0.15) is 5.26 Å². The molecule has 0 bridgehead atoms. The first-order chi connectivity index (χ1) is 5.33. The highest BCUT2D eigenvalue weighted by Gasteiger charge is 2.23. The minimum atomic E-state index is 0.690. The molecule has 1 aliphatic carbocycles. The Hall–Kier alpha value is -0.550. The van der Waals surface area contributed by atoms with E-state index < -0.39 is 0 Å². The van der Waals surface area contributed by atoms with Crippen molar-refractivity contribution in [3.8, 4) is 6.07 Å². The van der Waals surface area contributed by atoms with Gasteiger partial charge in [0.2, 0.25) is 0 Å². The van der Waals surface area contributed by atoms with Crippen molar-refractivity contribution in [1.82, 2.24) is 5.32 Å². The molecule has 0 atom stereocenters. The van der Waals surface area contributed by atoms with Crippen LogP contribution in [0.1, 0.15) is 32.6 Å². The monoisotopic (exact) mass is 152 g/mol. The van der Waals surface area contributed by atoms with E-state index in [1.165, 1.54) is 12.8 Å². The SMILES string of the molecule is CC1CC(NCCCC#N)C1. The van der Waals surface area contributed by atoms with Gasteiger partial charge >= 0.3 is 0 Å². The fraction of sp³-hybridized carbons (Fsp3) is 0.889. The summed E-state index contributed by atoms with van der Waals surface area (Å²) in [6, 6.07) is 2.90. The van der Waals surface area contributed by atoms with Crippen LogP contribution in [0.25, 0.3) is 0 Å². The zero-order chi connectivity index (χ0) is 8.10. The molecule has 0 unspecified atom stereocenters. The Bertz CT molecular complexity index is 142. The first-order valence-corrected chi connectivity index (χ1v) is 4.43. The van der Waals surface area contributed by atoms with Gasteiger partial charge in [0.25, 0.3) is 0 Å². The number of unbranched alkanes of at least 4 members (excludes halogenated alkanes) is 1. The molecule has 1 rings (SSSR count). The second-order valence-corrected chi connectivity index (χ2v) is 3.49. The molecular weight excluding hydrogens is 136 g/mol. The van der Waals surface area contributed by atoms with Crippen LogP contribution in [0.15, 0.2) is 0 Å². The Morgan fingerprint density at radius 1 is 1.55 bits per heavy atom. The summed E-state index contributed by atoms with van der Waals surface area (Å²) in [6.07, 6.45) is 4.34. The molecule has 0 heterocycles. The summed E-state index contributed by atoms with van der Waals surface area (Å²) in [5, 5.41) is 11.7. The van der Waals surface area contributed by atoms with Crippen molar-refractivity contribution >= 4 is 0 Å². The molecule has 1 fully saturated rings. The second kappa shape index (κ2) is 4.35. The van der Waals surface area contributed by atoms with Gasteiger partial charge in [-0.3, -0.25) is 0 Å². The van der Waals surface area contributed by atoms with E-state index in [9.17, 15) is 0 Å². The van der Waals surface area contributed by atoms with Gasteiger partial charge in [-0.15, -0.1) is 0 Å². The summed E-state index contributed by atoms with van der Waals surface area (Å²) in [7, 11) is 0. The molecule has 0 aromatic carbocycles. The third-order valence-corrected chi connectivity index (χ3v) is 2.27. The van der Waals surface area contributed by atoms with Crippen molar-refractivity contribution in [3.05, 3.63) is 0 Å². The molecular formula is C9H16N2. The van der Waals surface area contributed by atoms with Gasteiger partial charge in [-0.25, -0.2) is 0 Å². The van der Waals surface area contributed by atoms with Crippen LogP contribution >= 0.6 is 0 Å². The number of nitriles is 1. The maximum Gasteiger partial charge on any atom is 0.0622 e. The van der Waals surface area contributed by atoms with Gasteiger partial charge in [-0.1, -0.05) is 6.92 Å². The Labute approximate surface area is 68.6 Å². The van der Waals surface area contributed by atoms with Crippen molar-refractivity contribution in [2.24, 2.45) is 5.92 Å². The Morgan fingerprint density at radius 3 is 2.82 bits per heavy atom. The van der Waals surface area contributed by atoms with E-state index >= 15 is 0 Å². The van der Waals surface area contributed by atoms with Crippen LogP contribution in [-0.2, 0) is 0 Å². The number of rotatable bonds is 4. The van der Waals surface area contributed by atoms with Gasteiger partial charge in [0.1, 0.15) is 0 Å². The predicted molar refractivity (Wildman–Crippen MR) is 45.0 cm³/mol. The van der Waals surface area contributed by atoms with Gasteiger partial charge in [-0.05, 0) is 31.7 Å².